The van der Waals surface area contributed by atoms with Crippen molar-refractivity contribution < 1.29 is 14.6 Å². The second-order valence-electron chi connectivity index (χ2n) is 6.65. The molecule has 6 nitrogen and oxygen atoms in total. The fraction of sp³-hybridized carbons (Fsp3) is 0.421. The molecule has 27 heavy (non-hydrogen) atoms. The van der Waals surface area contributed by atoms with Crippen LogP contribution in [0.15, 0.2) is 16.6 Å². The van der Waals surface area contributed by atoms with Crippen LogP contribution in [-0.4, -0.2) is 35.6 Å². The van der Waals surface area contributed by atoms with E-state index in [2.05, 4.69) is 38.4 Å². The number of phenolic OH excluding ortho intramolecular Hbond substituents is 1. The molecule has 0 saturated heterocycles. The fourth-order valence-electron chi connectivity index (χ4n) is 3.67. The number of aromatic hydroxyl groups is 1. The van der Waals surface area contributed by atoms with E-state index >= 15 is 0 Å². The molecule has 0 aliphatic carbocycles. The van der Waals surface area contributed by atoms with E-state index < -0.39 is 6.17 Å². The van der Waals surface area contributed by atoms with E-state index in [0.29, 0.717) is 17.9 Å². The number of carbonyl (C=O) groups excluding carboxylic acids is 1. The van der Waals surface area contributed by atoms with Gasteiger partial charge in [-0.25, -0.2) is 0 Å². The van der Waals surface area contributed by atoms with Gasteiger partial charge in [0.1, 0.15) is 11.2 Å². The molecule has 1 aromatic carbocycles. The van der Waals surface area contributed by atoms with Gasteiger partial charge in [-0.2, -0.15) is 0 Å². The Balaban J connectivity index is 1.69. The average molecular weight is 452 g/mol. The Bertz CT molecular complexity index is 899. The first-order valence-corrected chi connectivity index (χ1v) is 10.7. The maximum atomic E-state index is 12.9. The molecule has 144 valence electrons. The average Bonchev–Trinajstić information content (AvgIpc) is 3.02. The molecule has 4 rings (SSSR count). The van der Waals surface area contributed by atoms with Gasteiger partial charge in [0.15, 0.2) is 11.5 Å². The first-order valence-electron chi connectivity index (χ1n) is 9.11. The van der Waals surface area contributed by atoms with Gasteiger partial charge in [0.25, 0.3) is 5.91 Å². The smallest absolute Gasteiger partial charge is 0.256 e. The first kappa shape index (κ1) is 18.6. The van der Waals surface area contributed by atoms with Crippen LogP contribution in [0.2, 0.25) is 0 Å². The lowest BCUT2D eigenvalue weighted by atomic mass is 10.00. The predicted molar refractivity (Wildman–Crippen MR) is 110 cm³/mol. The summed E-state index contributed by atoms with van der Waals surface area (Å²) in [5.41, 5.74) is 2.51. The summed E-state index contributed by atoms with van der Waals surface area (Å²) in [6.07, 6.45) is 0.384. The number of nitrogens with one attached hydrogen (secondary N) is 2. The molecule has 3 heterocycles. The van der Waals surface area contributed by atoms with E-state index in [1.165, 1.54) is 4.88 Å². The molecule has 0 spiro atoms. The number of benzene rings is 1. The van der Waals surface area contributed by atoms with Crippen molar-refractivity contribution >= 4 is 38.2 Å². The van der Waals surface area contributed by atoms with Crippen LogP contribution in [0.4, 0.5) is 5.00 Å². The number of likely N-dealkylation sites (N-methyl/N-ethyl adjacent to an activating group) is 1. The number of ether oxygens (including phenoxy) is 1. The van der Waals surface area contributed by atoms with Gasteiger partial charge < -0.3 is 20.5 Å². The largest absolute Gasteiger partial charge is 0.504 e. The first-order chi connectivity index (χ1) is 13.0. The molecule has 3 N–H and O–H groups in total. The molecule has 0 radical (unpaired) electrons. The lowest BCUT2D eigenvalue weighted by molar-refractivity contribution is 0.0934. The summed E-state index contributed by atoms with van der Waals surface area (Å²) in [5, 5.41) is 17.9. The van der Waals surface area contributed by atoms with Gasteiger partial charge in [0.2, 0.25) is 0 Å². The van der Waals surface area contributed by atoms with E-state index in [0.717, 1.165) is 46.7 Å². The predicted octanol–water partition coefficient (Wildman–Crippen LogP) is 3.85. The summed E-state index contributed by atoms with van der Waals surface area (Å²) in [6, 6.07) is 3.52. The number of phenols is 1. The standard InChI is InChI=1S/C19H22BrN3O3S/c1-3-23-6-5-11-14(9-23)27-19-15(11)18(25)21-17(22-19)12-7-10(20)8-13(16(12)24)26-4-2/h7-8,17,22,24H,3-6,9H2,1-2H3,(H,21,25)/t17-/m1/s1. The fourth-order valence-corrected chi connectivity index (χ4v) is 5.44. The van der Waals surface area contributed by atoms with Crippen LogP contribution in [0.3, 0.4) is 0 Å². The molecule has 0 saturated carbocycles. The third-order valence-electron chi connectivity index (χ3n) is 5.04. The topological polar surface area (TPSA) is 73.8 Å². The number of amides is 1. The van der Waals surface area contributed by atoms with E-state index in [4.69, 9.17) is 4.74 Å². The minimum atomic E-state index is -0.510. The number of halogens is 1. The Kier molecular flexibility index (Phi) is 5.05. The van der Waals surface area contributed by atoms with Crippen molar-refractivity contribution in [3.63, 3.8) is 0 Å². The molecule has 0 fully saturated rings. The van der Waals surface area contributed by atoms with Crippen LogP contribution < -0.4 is 15.4 Å². The molecule has 1 amide bonds. The van der Waals surface area contributed by atoms with Gasteiger partial charge in [-0.3, -0.25) is 9.69 Å². The number of nitrogens with zero attached hydrogens (tertiary/aromatic N) is 1. The van der Waals surface area contributed by atoms with Crippen LogP contribution >= 0.6 is 27.3 Å². The van der Waals surface area contributed by atoms with Crippen molar-refractivity contribution in [3.05, 3.63) is 38.2 Å². The van der Waals surface area contributed by atoms with Gasteiger partial charge >= 0.3 is 0 Å². The second-order valence-corrected chi connectivity index (χ2v) is 8.67. The zero-order chi connectivity index (χ0) is 19.1. The number of hydrogen-bond acceptors (Lipinski definition) is 6. The summed E-state index contributed by atoms with van der Waals surface area (Å²) >= 11 is 5.10. The van der Waals surface area contributed by atoms with Gasteiger partial charge in [-0.1, -0.05) is 22.9 Å². The van der Waals surface area contributed by atoms with E-state index in [1.54, 1.807) is 23.5 Å². The SMILES string of the molecule is CCOc1cc(Br)cc([C@@H]2NC(=O)c3c(sc4c3CCN(CC)C4)N2)c1O. The molecule has 0 unspecified atom stereocenters. The maximum Gasteiger partial charge on any atom is 0.256 e. The van der Waals surface area contributed by atoms with Crippen LogP contribution in [0.1, 0.15) is 46.4 Å². The summed E-state index contributed by atoms with van der Waals surface area (Å²) in [6.45, 7) is 7.35. The van der Waals surface area contributed by atoms with Crippen molar-refractivity contribution in [2.24, 2.45) is 0 Å². The van der Waals surface area contributed by atoms with Crippen LogP contribution in [0.25, 0.3) is 0 Å². The highest BCUT2D eigenvalue weighted by atomic mass is 79.9. The molecule has 1 aromatic heterocycles. The highest BCUT2D eigenvalue weighted by Gasteiger charge is 2.34. The van der Waals surface area contributed by atoms with Crippen molar-refractivity contribution in [2.45, 2.75) is 33.0 Å². The molecule has 2 aliphatic heterocycles. The van der Waals surface area contributed by atoms with Gasteiger partial charge in [-0.15, -0.1) is 11.3 Å². The summed E-state index contributed by atoms with van der Waals surface area (Å²) in [5.74, 6) is 0.348. The Morgan fingerprint density at radius 1 is 1.37 bits per heavy atom. The Labute approximate surface area is 170 Å². The van der Waals surface area contributed by atoms with Crippen LogP contribution in [0.5, 0.6) is 11.5 Å². The normalized spacial score (nSPS) is 19.1. The molecule has 1 atom stereocenters. The van der Waals surface area contributed by atoms with Crippen molar-refractivity contribution in [3.8, 4) is 11.5 Å². The molecular formula is C19H22BrN3O3S. The van der Waals surface area contributed by atoms with Crippen molar-refractivity contribution in [1.29, 1.82) is 0 Å². The van der Waals surface area contributed by atoms with Crippen LogP contribution in [-0.2, 0) is 13.0 Å². The molecular weight excluding hydrogens is 430 g/mol. The van der Waals surface area contributed by atoms with E-state index in [9.17, 15) is 9.90 Å². The minimum absolute atomic E-state index is 0.0415. The highest BCUT2D eigenvalue weighted by molar-refractivity contribution is 9.10. The zero-order valence-corrected chi connectivity index (χ0v) is 17.7. The van der Waals surface area contributed by atoms with Gasteiger partial charge in [-0.05, 0) is 37.6 Å². The second kappa shape index (κ2) is 7.33. The van der Waals surface area contributed by atoms with Crippen molar-refractivity contribution in [1.82, 2.24) is 10.2 Å². The van der Waals surface area contributed by atoms with E-state index in [1.807, 2.05) is 6.92 Å². The van der Waals surface area contributed by atoms with Gasteiger partial charge in [0.05, 0.1) is 12.2 Å². The molecule has 8 heteroatoms. The van der Waals surface area contributed by atoms with Crippen LogP contribution in [0, 0.1) is 0 Å². The summed E-state index contributed by atoms with van der Waals surface area (Å²) < 4.78 is 6.29. The number of thiophene rings is 1. The Morgan fingerprint density at radius 2 is 2.19 bits per heavy atom. The lowest BCUT2D eigenvalue weighted by Crippen LogP contribution is -2.39. The van der Waals surface area contributed by atoms with Crippen molar-refractivity contribution in [2.75, 3.05) is 25.0 Å². The number of fused-ring (bicyclic) bond motifs is 3. The molecule has 0 bridgehead atoms. The molecule has 2 aromatic rings. The monoisotopic (exact) mass is 451 g/mol. The summed E-state index contributed by atoms with van der Waals surface area (Å²) in [7, 11) is 0. The number of rotatable bonds is 4. The number of anilines is 1. The van der Waals surface area contributed by atoms with E-state index in [-0.39, 0.29) is 11.7 Å². The summed E-state index contributed by atoms with van der Waals surface area (Å²) in [4.78, 5) is 16.5. The maximum absolute atomic E-state index is 12.9. The Hall–Kier alpha value is -1.77. The molecule has 2 aliphatic rings. The highest BCUT2D eigenvalue weighted by Crippen LogP contribution is 2.43. The van der Waals surface area contributed by atoms with Gasteiger partial charge in [0, 0.05) is 28.0 Å². The third kappa shape index (κ3) is 3.30. The number of carbonyl (C=O) groups is 1. The lowest BCUT2D eigenvalue weighted by Gasteiger charge is -2.28. The minimum Gasteiger partial charge on any atom is -0.504 e. The Morgan fingerprint density at radius 3 is 2.93 bits per heavy atom. The third-order valence-corrected chi connectivity index (χ3v) is 6.65. The number of hydrogen-bond donors (Lipinski definition) is 3. The zero-order valence-electron chi connectivity index (χ0n) is 15.3. The quantitative estimate of drug-likeness (QED) is 0.658.